The number of nitrogens with zero attached hydrogens (tertiary/aromatic N) is 4. The van der Waals surface area contributed by atoms with E-state index in [1.807, 2.05) is 31.3 Å². The number of rotatable bonds is 6. The van der Waals surface area contributed by atoms with Crippen LogP contribution in [0.25, 0.3) is 11.0 Å². The van der Waals surface area contributed by atoms with Gasteiger partial charge < -0.3 is 15.2 Å². The first-order valence-corrected chi connectivity index (χ1v) is 11.9. The van der Waals surface area contributed by atoms with E-state index in [0.29, 0.717) is 12.5 Å². The average molecular weight is 463 g/mol. The molecule has 2 N–H and O–H groups in total. The molecule has 1 saturated heterocycles. The maximum atomic E-state index is 12.7. The lowest BCUT2D eigenvalue weighted by atomic mass is 10.1. The molecule has 3 aromatic heterocycles. The third-order valence-electron chi connectivity index (χ3n) is 6.76. The Bertz CT molecular complexity index is 1350. The van der Waals surface area contributed by atoms with Crippen LogP contribution in [0, 0.1) is 0 Å². The highest BCUT2D eigenvalue weighted by molar-refractivity contribution is 5.94. The second-order valence-corrected chi connectivity index (χ2v) is 9.20. The SMILES string of the molecule is CCNC(=O)c1ccc(N2CCN(Cc3cnc4cc(C5CC5)c(=O)[nH]c4c3)CC2)n(C)c1=O. The highest BCUT2D eigenvalue weighted by atomic mass is 16.2. The van der Waals surface area contributed by atoms with Crippen molar-refractivity contribution in [2.24, 2.45) is 7.05 Å². The standard InChI is InChI=1S/C25H30N6O3/c1-3-26-23(32)18-6-7-22(29(2)25(18)34)31-10-8-30(9-11-31)15-16-12-21-20(27-14-16)13-19(17-4-5-17)24(33)28-21/h6-7,12-14,17H,3-5,8-11,15H2,1-2H3,(H,26,32)(H,28,33). The van der Waals surface area contributed by atoms with E-state index >= 15 is 0 Å². The van der Waals surface area contributed by atoms with Gasteiger partial charge >= 0.3 is 0 Å². The lowest BCUT2D eigenvalue weighted by molar-refractivity contribution is 0.0954. The summed E-state index contributed by atoms with van der Waals surface area (Å²) in [5, 5.41) is 2.69. The predicted molar refractivity (Wildman–Crippen MR) is 132 cm³/mol. The molecular weight excluding hydrogens is 432 g/mol. The molecule has 0 atom stereocenters. The summed E-state index contributed by atoms with van der Waals surface area (Å²) in [5.41, 5.74) is 3.43. The molecule has 1 amide bonds. The van der Waals surface area contributed by atoms with Gasteiger partial charge in [-0.1, -0.05) is 0 Å². The van der Waals surface area contributed by atoms with Gasteiger partial charge in [0.2, 0.25) is 0 Å². The van der Waals surface area contributed by atoms with E-state index in [4.69, 9.17) is 0 Å². The van der Waals surface area contributed by atoms with Gasteiger partial charge in [0, 0.05) is 58.1 Å². The molecule has 5 rings (SSSR count). The van der Waals surface area contributed by atoms with Crippen LogP contribution < -0.4 is 21.3 Å². The van der Waals surface area contributed by atoms with Crippen molar-refractivity contribution < 1.29 is 4.79 Å². The number of carbonyl (C=O) groups is 1. The van der Waals surface area contributed by atoms with Crippen molar-refractivity contribution >= 4 is 22.8 Å². The maximum Gasteiger partial charge on any atom is 0.264 e. The second kappa shape index (κ2) is 9.06. The number of piperazine rings is 1. The first-order valence-electron chi connectivity index (χ1n) is 11.9. The summed E-state index contributed by atoms with van der Waals surface area (Å²) >= 11 is 0. The molecule has 4 heterocycles. The minimum Gasteiger partial charge on any atom is -0.355 e. The Balaban J connectivity index is 1.25. The number of amides is 1. The topological polar surface area (TPSA) is 103 Å². The average Bonchev–Trinajstić information content (AvgIpc) is 3.66. The molecule has 0 aromatic carbocycles. The van der Waals surface area contributed by atoms with E-state index in [1.165, 1.54) is 0 Å². The van der Waals surface area contributed by atoms with Crippen molar-refractivity contribution in [3.05, 3.63) is 67.9 Å². The maximum absolute atomic E-state index is 12.7. The number of anilines is 1. The van der Waals surface area contributed by atoms with E-state index in [9.17, 15) is 14.4 Å². The molecule has 0 bridgehead atoms. The fourth-order valence-electron chi connectivity index (χ4n) is 4.69. The molecule has 1 saturated carbocycles. The van der Waals surface area contributed by atoms with E-state index < -0.39 is 0 Å². The largest absolute Gasteiger partial charge is 0.355 e. The summed E-state index contributed by atoms with van der Waals surface area (Å²) in [6.07, 6.45) is 4.07. The van der Waals surface area contributed by atoms with Crippen LogP contribution in [-0.2, 0) is 13.6 Å². The fraction of sp³-hybridized carbons (Fsp3) is 0.440. The number of carbonyl (C=O) groups excluding carboxylic acids is 1. The Hall–Kier alpha value is -3.46. The van der Waals surface area contributed by atoms with Crippen molar-refractivity contribution in [3.8, 4) is 0 Å². The Morgan fingerprint density at radius 3 is 2.62 bits per heavy atom. The summed E-state index contributed by atoms with van der Waals surface area (Å²) in [6.45, 7) is 6.28. The van der Waals surface area contributed by atoms with Crippen LogP contribution in [0.4, 0.5) is 5.82 Å². The Kier molecular flexibility index (Phi) is 5.95. The van der Waals surface area contributed by atoms with E-state index in [1.54, 1.807) is 17.7 Å². The Labute approximate surface area is 197 Å². The highest BCUT2D eigenvalue weighted by Crippen LogP contribution is 2.38. The smallest absolute Gasteiger partial charge is 0.264 e. The number of pyridine rings is 3. The Morgan fingerprint density at radius 2 is 1.91 bits per heavy atom. The fourth-order valence-corrected chi connectivity index (χ4v) is 4.69. The number of H-pyrrole nitrogens is 1. The molecule has 2 aliphatic rings. The Morgan fingerprint density at radius 1 is 1.15 bits per heavy atom. The molecule has 9 heteroatoms. The molecule has 1 aliphatic heterocycles. The zero-order chi connectivity index (χ0) is 23.8. The van der Waals surface area contributed by atoms with Crippen LogP contribution in [0.15, 0.2) is 40.1 Å². The van der Waals surface area contributed by atoms with Gasteiger partial charge in [-0.25, -0.2) is 0 Å². The number of hydrogen-bond donors (Lipinski definition) is 2. The minimum atomic E-state index is -0.339. The summed E-state index contributed by atoms with van der Waals surface area (Å²) in [4.78, 5) is 49.3. The number of nitrogens with one attached hydrogen (secondary N) is 2. The van der Waals surface area contributed by atoms with E-state index in [2.05, 4.69) is 25.1 Å². The van der Waals surface area contributed by atoms with Gasteiger partial charge in [0.1, 0.15) is 11.4 Å². The van der Waals surface area contributed by atoms with Crippen molar-refractivity contribution in [2.75, 3.05) is 37.6 Å². The molecule has 0 radical (unpaired) electrons. The number of aromatic amines is 1. The summed E-state index contributed by atoms with van der Waals surface area (Å²) in [6, 6.07) is 7.43. The van der Waals surface area contributed by atoms with Crippen molar-refractivity contribution in [2.45, 2.75) is 32.2 Å². The van der Waals surface area contributed by atoms with Crippen LogP contribution in [0.3, 0.4) is 0 Å². The predicted octanol–water partition coefficient (Wildman–Crippen LogP) is 1.57. The summed E-state index contributed by atoms with van der Waals surface area (Å²) in [7, 11) is 1.71. The quantitative estimate of drug-likeness (QED) is 0.577. The molecule has 34 heavy (non-hydrogen) atoms. The van der Waals surface area contributed by atoms with Gasteiger partial charge in [0.05, 0.1) is 11.0 Å². The molecule has 0 unspecified atom stereocenters. The van der Waals surface area contributed by atoms with Crippen molar-refractivity contribution in [1.29, 1.82) is 0 Å². The lowest BCUT2D eigenvalue weighted by Gasteiger charge is -2.36. The molecular formula is C25H30N6O3. The normalized spacial score (nSPS) is 16.7. The molecule has 9 nitrogen and oxygen atoms in total. The van der Waals surface area contributed by atoms with E-state index in [-0.39, 0.29) is 22.6 Å². The monoisotopic (exact) mass is 462 g/mol. The number of aromatic nitrogens is 3. The number of hydrogen-bond acceptors (Lipinski definition) is 6. The van der Waals surface area contributed by atoms with Gasteiger partial charge in [-0.15, -0.1) is 0 Å². The van der Waals surface area contributed by atoms with Crippen LogP contribution in [0.5, 0.6) is 0 Å². The van der Waals surface area contributed by atoms with Crippen LogP contribution in [0.2, 0.25) is 0 Å². The zero-order valence-corrected chi connectivity index (χ0v) is 19.6. The number of fused-ring (bicyclic) bond motifs is 1. The van der Waals surface area contributed by atoms with Crippen molar-refractivity contribution in [3.63, 3.8) is 0 Å². The first-order chi connectivity index (χ1) is 16.4. The zero-order valence-electron chi connectivity index (χ0n) is 19.6. The molecule has 1 aliphatic carbocycles. The van der Waals surface area contributed by atoms with Gasteiger partial charge in [0.25, 0.3) is 17.0 Å². The minimum absolute atomic E-state index is 0.00590. The highest BCUT2D eigenvalue weighted by Gasteiger charge is 2.27. The molecule has 2 fully saturated rings. The van der Waals surface area contributed by atoms with Gasteiger partial charge in [-0.2, -0.15) is 0 Å². The molecule has 0 spiro atoms. The lowest BCUT2D eigenvalue weighted by Crippen LogP contribution is -2.47. The molecule has 3 aromatic rings. The second-order valence-electron chi connectivity index (χ2n) is 9.20. The van der Waals surface area contributed by atoms with Gasteiger partial charge in [-0.3, -0.25) is 28.8 Å². The third kappa shape index (κ3) is 4.35. The van der Waals surface area contributed by atoms with Crippen LogP contribution in [0.1, 0.15) is 47.2 Å². The summed E-state index contributed by atoms with van der Waals surface area (Å²) < 4.78 is 1.56. The van der Waals surface area contributed by atoms with E-state index in [0.717, 1.165) is 73.5 Å². The van der Waals surface area contributed by atoms with Crippen molar-refractivity contribution in [1.82, 2.24) is 24.8 Å². The first kappa shape index (κ1) is 22.3. The van der Waals surface area contributed by atoms with Crippen LogP contribution >= 0.6 is 0 Å². The summed E-state index contributed by atoms with van der Waals surface area (Å²) in [5.74, 6) is 0.873. The third-order valence-corrected chi connectivity index (χ3v) is 6.76. The van der Waals surface area contributed by atoms with Gasteiger partial charge in [-0.05, 0) is 55.5 Å². The van der Waals surface area contributed by atoms with Crippen LogP contribution in [-0.4, -0.2) is 58.1 Å². The van der Waals surface area contributed by atoms with Gasteiger partial charge in [0.15, 0.2) is 0 Å². The molecule has 178 valence electrons.